The molecular formula is C12H14N2O3. The molecule has 2 rings (SSSR count). The van der Waals surface area contributed by atoms with E-state index in [9.17, 15) is 0 Å². The fourth-order valence-corrected chi connectivity index (χ4v) is 1.67. The lowest BCUT2D eigenvalue weighted by molar-refractivity contribution is -0.108. The summed E-state index contributed by atoms with van der Waals surface area (Å²) < 4.78 is 15.5. The molecule has 2 heterocycles. The number of ether oxygens (including phenoxy) is 3. The zero-order chi connectivity index (χ0) is 12.3. The van der Waals surface area contributed by atoms with Gasteiger partial charge in [-0.3, -0.25) is 0 Å². The van der Waals surface area contributed by atoms with Gasteiger partial charge in [0.25, 0.3) is 0 Å². The molecule has 0 saturated heterocycles. The van der Waals surface area contributed by atoms with Crippen molar-refractivity contribution in [2.75, 3.05) is 21.3 Å². The zero-order valence-corrected chi connectivity index (χ0v) is 10.0. The van der Waals surface area contributed by atoms with Crippen molar-refractivity contribution in [3.05, 3.63) is 30.1 Å². The van der Waals surface area contributed by atoms with Gasteiger partial charge in [-0.25, -0.2) is 9.97 Å². The summed E-state index contributed by atoms with van der Waals surface area (Å²) in [5.41, 5.74) is 1.30. The lowest BCUT2D eigenvalue weighted by Crippen LogP contribution is -2.06. The molecule has 0 aliphatic rings. The highest BCUT2D eigenvalue weighted by atomic mass is 16.7. The largest absolute Gasteiger partial charge is 0.496 e. The van der Waals surface area contributed by atoms with Crippen molar-refractivity contribution < 1.29 is 14.2 Å². The average Bonchev–Trinajstić information content (AvgIpc) is 2.39. The van der Waals surface area contributed by atoms with Crippen LogP contribution in [0.2, 0.25) is 0 Å². The number of methoxy groups -OCH3 is 3. The predicted octanol–water partition coefficient (Wildman–Crippen LogP) is 1.93. The second-order valence-electron chi connectivity index (χ2n) is 3.42. The molecule has 90 valence electrons. The Bertz CT molecular complexity index is 512. The van der Waals surface area contributed by atoms with Gasteiger partial charge >= 0.3 is 0 Å². The van der Waals surface area contributed by atoms with E-state index in [0.29, 0.717) is 11.3 Å². The van der Waals surface area contributed by atoms with Crippen LogP contribution in [0.25, 0.3) is 11.0 Å². The lowest BCUT2D eigenvalue weighted by atomic mass is 10.2. The van der Waals surface area contributed by atoms with Gasteiger partial charge < -0.3 is 14.2 Å². The molecule has 0 bridgehead atoms. The molecule has 17 heavy (non-hydrogen) atoms. The Morgan fingerprint density at radius 2 is 1.82 bits per heavy atom. The first-order chi connectivity index (χ1) is 8.30. The number of hydrogen-bond donors (Lipinski definition) is 0. The number of pyridine rings is 2. The molecule has 0 N–H and O–H groups in total. The molecule has 2 aromatic rings. The van der Waals surface area contributed by atoms with E-state index in [4.69, 9.17) is 14.2 Å². The minimum absolute atomic E-state index is 0.479. The second kappa shape index (κ2) is 5.07. The summed E-state index contributed by atoms with van der Waals surface area (Å²) in [5, 5.41) is 0.865. The van der Waals surface area contributed by atoms with Gasteiger partial charge in [0.05, 0.1) is 18.2 Å². The van der Waals surface area contributed by atoms with Gasteiger partial charge in [-0.2, -0.15) is 0 Å². The van der Waals surface area contributed by atoms with Crippen LogP contribution in [0, 0.1) is 0 Å². The third kappa shape index (κ3) is 2.20. The van der Waals surface area contributed by atoms with Crippen molar-refractivity contribution in [1.82, 2.24) is 9.97 Å². The molecule has 2 aromatic heterocycles. The summed E-state index contributed by atoms with van der Waals surface area (Å²) in [4.78, 5) is 8.58. The fraction of sp³-hybridized carbons (Fsp3) is 0.333. The average molecular weight is 234 g/mol. The van der Waals surface area contributed by atoms with Gasteiger partial charge in [-0.05, 0) is 18.2 Å². The first kappa shape index (κ1) is 11.8. The van der Waals surface area contributed by atoms with Gasteiger partial charge in [0.15, 0.2) is 5.65 Å². The van der Waals surface area contributed by atoms with Crippen LogP contribution in [0.1, 0.15) is 12.0 Å². The van der Waals surface area contributed by atoms with Gasteiger partial charge in [0.1, 0.15) is 5.75 Å². The molecule has 0 aliphatic heterocycles. The summed E-state index contributed by atoms with van der Waals surface area (Å²) in [6, 6.07) is 5.53. The molecular weight excluding hydrogens is 220 g/mol. The van der Waals surface area contributed by atoms with E-state index in [1.165, 1.54) is 0 Å². The summed E-state index contributed by atoms with van der Waals surface area (Å²) in [5.74, 6) is 0.750. The molecule has 0 fully saturated rings. The molecule has 0 radical (unpaired) electrons. The van der Waals surface area contributed by atoms with Crippen LogP contribution in [0.5, 0.6) is 5.75 Å². The molecule has 0 atom stereocenters. The molecule has 0 unspecified atom stereocenters. The van der Waals surface area contributed by atoms with E-state index in [-0.39, 0.29) is 0 Å². The Morgan fingerprint density at radius 1 is 1.06 bits per heavy atom. The van der Waals surface area contributed by atoms with E-state index < -0.39 is 6.29 Å². The van der Waals surface area contributed by atoms with Crippen molar-refractivity contribution in [3.8, 4) is 5.75 Å². The van der Waals surface area contributed by atoms with E-state index in [0.717, 1.165) is 11.1 Å². The Hall–Kier alpha value is -1.72. The van der Waals surface area contributed by atoms with Crippen LogP contribution in [0.4, 0.5) is 0 Å². The first-order valence-corrected chi connectivity index (χ1v) is 5.15. The molecule has 5 heteroatoms. The van der Waals surface area contributed by atoms with Crippen LogP contribution < -0.4 is 4.74 Å². The topological polar surface area (TPSA) is 53.5 Å². The van der Waals surface area contributed by atoms with E-state index >= 15 is 0 Å². The van der Waals surface area contributed by atoms with Crippen LogP contribution in [0.15, 0.2) is 24.4 Å². The minimum atomic E-state index is -0.479. The number of nitrogens with zero attached hydrogens (tertiary/aromatic N) is 2. The number of fused-ring (bicyclic) bond motifs is 1. The molecule has 0 saturated carbocycles. The van der Waals surface area contributed by atoms with Crippen LogP contribution >= 0.6 is 0 Å². The smallest absolute Gasteiger partial charge is 0.200 e. The SMILES string of the molecule is COc1ccnc2nc(C(OC)OC)ccc12. The lowest BCUT2D eigenvalue weighted by Gasteiger charge is -2.13. The van der Waals surface area contributed by atoms with Crippen LogP contribution in [-0.4, -0.2) is 31.3 Å². The number of rotatable bonds is 4. The monoisotopic (exact) mass is 234 g/mol. The third-order valence-corrected chi connectivity index (χ3v) is 2.47. The quantitative estimate of drug-likeness (QED) is 0.756. The van der Waals surface area contributed by atoms with Crippen molar-refractivity contribution in [2.45, 2.75) is 6.29 Å². The van der Waals surface area contributed by atoms with E-state index in [1.807, 2.05) is 12.1 Å². The van der Waals surface area contributed by atoms with E-state index in [2.05, 4.69) is 9.97 Å². The maximum absolute atomic E-state index is 5.24. The van der Waals surface area contributed by atoms with Crippen LogP contribution in [-0.2, 0) is 9.47 Å². The highest BCUT2D eigenvalue weighted by molar-refractivity contribution is 5.81. The third-order valence-electron chi connectivity index (χ3n) is 2.47. The van der Waals surface area contributed by atoms with Gasteiger partial charge in [-0.15, -0.1) is 0 Å². The summed E-state index contributed by atoms with van der Waals surface area (Å²) in [6.07, 6.45) is 1.18. The highest BCUT2D eigenvalue weighted by Gasteiger charge is 2.12. The first-order valence-electron chi connectivity index (χ1n) is 5.15. The molecule has 5 nitrogen and oxygen atoms in total. The highest BCUT2D eigenvalue weighted by Crippen LogP contribution is 2.24. The maximum Gasteiger partial charge on any atom is 0.200 e. The van der Waals surface area contributed by atoms with Crippen LogP contribution in [0.3, 0.4) is 0 Å². The minimum Gasteiger partial charge on any atom is -0.496 e. The summed E-state index contributed by atoms with van der Waals surface area (Å²) >= 11 is 0. The van der Waals surface area contributed by atoms with Gasteiger partial charge in [0, 0.05) is 20.4 Å². The summed E-state index contributed by atoms with van der Waals surface area (Å²) in [6.45, 7) is 0. The molecule has 0 spiro atoms. The zero-order valence-electron chi connectivity index (χ0n) is 10.0. The Balaban J connectivity index is 2.51. The Morgan fingerprint density at radius 3 is 2.47 bits per heavy atom. The van der Waals surface area contributed by atoms with Gasteiger partial charge in [-0.1, -0.05) is 0 Å². The van der Waals surface area contributed by atoms with Crippen molar-refractivity contribution in [2.24, 2.45) is 0 Å². The van der Waals surface area contributed by atoms with E-state index in [1.54, 1.807) is 33.6 Å². The Kier molecular flexibility index (Phi) is 3.51. The summed E-state index contributed by atoms with van der Waals surface area (Å²) in [7, 11) is 4.76. The molecule has 0 aliphatic carbocycles. The van der Waals surface area contributed by atoms with Gasteiger partial charge in [0.2, 0.25) is 6.29 Å². The normalized spacial score (nSPS) is 11.1. The maximum atomic E-state index is 5.24. The second-order valence-corrected chi connectivity index (χ2v) is 3.42. The van der Waals surface area contributed by atoms with Crippen molar-refractivity contribution >= 4 is 11.0 Å². The fourth-order valence-electron chi connectivity index (χ4n) is 1.67. The molecule has 0 aromatic carbocycles. The molecule has 0 amide bonds. The number of aromatic nitrogens is 2. The van der Waals surface area contributed by atoms with Crippen molar-refractivity contribution in [1.29, 1.82) is 0 Å². The Labute approximate surface area is 99.4 Å². The van der Waals surface area contributed by atoms with Crippen molar-refractivity contribution in [3.63, 3.8) is 0 Å². The standard InChI is InChI=1S/C12H14N2O3/c1-15-10-6-7-13-11-8(10)4-5-9(14-11)12(16-2)17-3/h4-7,12H,1-3H3. The predicted molar refractivity (Wildman–Crippen MR) is 62.8 cm³/mol. The number of hydrogen-bond acceptors (Lipinski definition) is 5.